The van der Waals surface area contributed by atoms with Gasteiger partial charge in [-0.3, -0.25) is 4.72 Å². The molecule has 0 saturated heterocycles. The summed E-state index contributed by atoms with van der Waals surface area (Å²) in [7, 11) is -4.10. The maximum Gasteiger partial charge on any atom is 0.433 e. The van der Waals surface area contributed by atoms with Crippen molar-refractivity contribution < 1.29 is 21.6 Å². The van der Waals surface area contributed by atoms with Crippen LogP contribution in [0.25, 0.3) is 10.9 Å². The number of benzene rings is 2. The number of hydrogen-bond donors (Lipinski definition) is 1. The number of fused-ring (bicyclic) bond motifs is 1. The lowest BCUT2D eigenvalue weighted by atomic mass is 10.1. The van der Waals surface area contributed by atoms with Crippen LogP contribution in [0.5, 0.6) is 0 Å². The fraction of sp³-hybridized carbons (Fsp3) is 0.118. The Morgan fingerprint density at radius 3 is 2.35 bits per heavy atom. The van der Waals surface area contributed by atoms with E-state index in [1.54, 1.807) is 19.1 Å². The van der Waals surface area contributed by atoms with Crippen LogP contribution >= 0.6 is 11.6 Å². The number of rotatable bonds is 3. The average molecular weight is 401 g/mol. The van der Waals surface area contributed by atoms with E-state index >= 15 is 0 Å². The molecule has 26 heavy (non-hydrogen) atoms. The molecule has 1 N–H and O–H groups in total. The molecule has 136 valence electrons. The molecule has 0 bridgehead atoms. The molecule has 1 heterocycles. The van der Waals surface area contributed by atoms with E-state index in [0.717, 1.165) is 5.56 Å². The maximum absolute atomic E-state index is 13.1. The van der Waals surface area contributed by atoms with Crippen LogP contribution in [-0.2, 0) is 16.2 Å². The first-order valence-corrected chi connectivity index (χ1v) is 9.20. The van der Waals surface area contributed by atoms with Crippen LogP contribution in [0.2, 0.25) is 5.02 Å². The predicted molar refractivity (Wildman–Crippen MR) is 93.7 cm³/mol. The minimum absolute atomic E-state index is 0.0612. The van der Waals surface area contributed by atoms with E-state index in [1.165, 1.54) is 30.3 Å². The monoisotopic (exact) mass is 400 g/mol. The van der Waals surface area contributed by atoms with Crippen LogP contribution in [0, 0.1) is 6.92 Å². The normalized spacial score (nSPS) is 12.3. The van der Waals surface area contributed by atoms with Gasteiger partial charge in [0, 0.05) is 5.39 Å². The first kappa shape index (κ1) is 18.5. The summed E-state index contributed by atoms with van der Waals surface area (Å²) in [6, 6.07) is 10.8. The van der Waals surface area contributed by atoms with Crippen molar-refractivity contribution >= 4 is 38.2 Å². The molecule has 0 atom stereocenters. The summed E-state index contributed by atoms with van der Waals surface area (Å²) in [5.74, 6) is 0. The van der Waals surface area contributed by atoms with Gasteiger partial charge in [-0.05, 0) is 37.3 Å². The number of sulfonamides is 1. The smallest absolute Gasteiger partial charge is 0.279 e. The summed E-state index contributed by atoms with van der Waals surface area (Å²) >= 11 is 6.07. The second-order valence-corrected chi connectivity index (χ2v) is 7.69. The topological polar surface area (TPSA) is 59.1 Å². The SMILES string of the molecule is Cc1ccc(S(=O)(=O)Nc2cc(C(F)(F)F)nc3cccc(Cl)c23)cc1. The quantitative estimate of drug-likeness (QED) is 0.671. The van der Waals surface area contributed by atoms with Crippen molar-refractivity contribution in [1.82, 2.24) is 4.98 Å². The number of alkyl halides is 3. The Kier molecular flexibility index (Phi) is 4.58. The Labute approximate surface area is 152 Å². The molecule has 9 heteroatoms. The van der Waals surface area contributed by atoms with Crippen molar-refractivity contribution in [3.05, 3.63) is 64.8 Å². The van der Waals surface area contributed by atoms with Crippen LogP contribution < -0.4 is 4.72 Å². The van der Waals surface area contributed by atoms with Gasteiger partial charge in [-0.2, -0.15) is 13.2 Å². The average Bonchev–Trinajstić information content (AvgIpc) is 2.54. The number of aromatic nitrogens is 1. The third-order valence-electron chi connectivity index (χ3n) is 3.65. The summed E-state index contributed by atoms with van der Waals surface area (Å²) in [4.78, 5) is 3.46. The highest BCUT2D eigenvalue weighted by Gasteiger charge is 2.34. The molecule has 4 nitrogen and oxygen atoms in total. The molecule has 0 spiro atoms. The van der Waals surface area contributed by atoms with Crippen molar-refractivity contribution in [1.29, 1.82) is 0 Å². The molecule has 3 rings (SSSR count). The summed E-state index contributed by atoms with van der Waals surface area (Å²) in [5, 5.41) is 0.184. The molecule has 0 aliphatic heterocycles. The van der Waals surface area contributed by atoms with Crippen LogP contribution in [-0.4, -0.2) is 13.4 Å². The number of halogens is 4. The van der Waals surface area contributed by atoms with Gasteiger partial charge in [0.25, 0.3) is 10.0 Å². The number of nitrogens with one attached hydrogen (secondary N) is 1. The van der Waals surface area contributed by atoms with Gasteiger partial charge in [0.1, 0.15) is 5.69 Å². The van der Waals surface area contributed by atoms with E-state index in [0.29, 0.717) is 6.07 Å². The molecule has 0 unspecified atom stereocenters. The molecule has 0 amide bonds. The Hall–Kier alpha value is -2.32. The van der Waals surface area contributed by atoms with Crippen LogP contribution in [0.1, 0.15) is 11.3 Å². The number of nitrogens with zero attached hydrogens (tertiary/aromatic N) is 1. The summed E-state index contributed by atoms with van der Waals surface area (Å²) < 4.78 is 66.7. The van der Waals surface area contributed by atoms with Crippen molar-refractivity contribution in [2.24, 2.45) is 0 Å². The number of hydrogen-bond acceptors (Lipinski definition) is 3. The third-order valence-corrected chi connectivity index (χ3v) is 5.35. The van der Waals surface area contributed by atoms with E-state index < -0.39 is 21.9 Å². The molecule has 0 radical (unpaired) electrons. The minimum atomic E-state index is -4.74. The van der Waals surface area contributed by atoms with Gasteiger partial charge < -0.3 is 0 Å². The standard InChI is InChI=1S/C17H12ClF3N2O2S/c1-10-5-7-11(8-6-10)26(24,25)23-14-9-15(17(19,20)21)22-13-4-2-3-12(18)16(13)14/h2-9H,1H3,(H,22,23). The van der Waals surface area contributed by atoms with Crippen LogP contribution in [0.4, 0.5) is 18.9 Å². The highest BCUT2D eigenvalue weighted by Crippen LogP contribution is 2.36. The van der Waals surface area contributed by atoms with Gasteiger partial charge in [0.05, 0.1) is 21.1 Å². The highest BCUT2D eigenvalue weighted by molar-refractivity contribution is 7.92. The Morgan fingerprint density at radius 2 is 1.73 bits per heavy atom. The third kappa shape index (κ3) is 3.61. The molecule has 0 aliphatic rings. The van der Waals surface area contributed by atoms with Crippen LogP contribution in [0.15, 0.2) is 53.4 Å². The second-order valence-electron chi connectivity index (χ2n) is 5.61. The summed E-state index contributed by atoms with van der Waals surface area (Å²) in [6.07, 6.45) is -4.74. The lowest BCUT2D eigenvalue weighted by Crippen LogP contribution is -2.15. The lowest BCUT2D eigenvalue weighted by molar-refractivity contribution is -0.140. The Morgan fingerprint density at radius 1 is 1.08 bits per heavy atom. The van der Waals surface area contributed by atoms with Gasteiger partial charge in [-0.25, -0.2) is 13.4 Å². The molecule has 0 fully saturated rings. The number of aryl methyl sites for hydroxylation is 1. The largest absolute Gasteiger partial charge is 0.433 e. The molecule has 3 aromatic rings. The highest BCUT2D eigenvalue weighted by atomic mass is 35.5. The Bertz CT molecular complexity index is 1080. The molecular formula is C17H12ClF3N2O2S. The van der Waals surface area contributed by atoms with Crippen molar-refractivity contribution in [3.63, 3.8) is 0 Å². The fourth-order valence-corrected chi connectivity index (χ4v) is 3.72. The van der Waals surface area contributed by atoms with Gasteiger partial charge in [0.2, 0.25) is 0 Å². The first-order chi connectivity index (χ1) is 12.1. The summed E-state index contributed by atoms with van der Waals surface area (Å²) in [6.45, 7) is 1.79. The van der Waals surface area contributed by atoms with Gasteiger partial charge in [-0.1, -0.05) is 35.4 Å². The summed E-state index contributed by atoms with van der Waals surface area (Å²) in [5.41, 5.74) is -0.711. The number of anilines is 1. The predicted octanol–water partition coefficient (Wildman–Crippen LogP) is 5.02. The second kappa shape index (κ2) is 6.44. The molecule has 0 saturated carbocycles. The van der Waals surface area contributed by atoms with E-state index in [1.807, 2.05) is 0 Å². The zero-order valence-electron chi connectivity index (χ0n) is 13.3. The van der Waals surface area contributed by atoms with E-state index in [-0.39, 0.29) is 26.5 Å². The fourth-order valence-electron chi connectivity index (χ4n) is 2.39. The van der Waals surface area contributed by atoms with Crippen LogP contribution in [0.3, 0.4) is 0 Å². The van der Waals surface area contributed by atoms with E-state index in [4.69, 9.17) is 11.6 Å². The first-order valence-electron chi connectivity index (χ1n) is 7.34. The molecule has 1 aromatic heterocycles. The van der Waals surface area contributed by atoms with E-state index in [9.17, 15) is 21.6 Å². The molecule has 0 aliphatic carbocycles. The Balaban J connectivity index is 2.18. The van der Waals surface area contributed by atoms with E-state index in [2.05, 4.69) is 9.71 Å². The zero-order chi connectivity index (χ0) is 19.1. The van der Waals surface area contributed by atoms with Gasteiger partial charge in [0.15, 0.2) is 0 Å². The number of pyridine rings is 1. The molecule has 2 aromatic carbocycles. The van der Waals surface area contributed by atoms with Crippen molar-refractivity contribution in [2.75, 3.05) is 4.72 Å². The minimum Gasteiger partial charge on any atom is -0.279 e. The lowest BCUT2D eigenvalue weighted by Gasteiger charge is -2.15. The maximum atomic E-state index is 13.1. The van der Waals surface area contributed by atoms with Gasteiger partial charge >= 0.3 is 6.18 Å². The van der Waals surface area contributed by atoms with Crippen molar-refractivity contribution in [2.45, 2.75) is 18.0 Å². The zero-order valence-corrected chi connectivity index (χ0v) is 14.9. The molecular weight excluding hydrogens is 389 g/mol. The van der Waals surface area contributed by atoms with Crippen molar-refractivity contribution in [3.8, 4) is 0 Å². The van der Waals surface area contributed by atoms with Gasteiger partial charge in [-0.15, -0.1) is 0 Å².